The average molecular weight is 466 g/mol. The first kappa shape index (κ1) is 23.9. The summed E-state index contributed by atoms with van der Waals surface area (Å²) in [6, 6.07) is 13.4. The van der Waals surface area contributed by atoms with Gasteiger partial charge < -0.3 is 10.6 Å². The van der Waals surface area contributed by atoms with E-state index in [1.54, 1.807) is 48.5 Å². The second-order valence-electron chi connectivity index (χ2n) is 7.17. The first-order valence-corrected chi connectivity index (χ1v) is 11.1. The summed E-state index contributed by atoms with van der Waals surface area (Å²) in [5, 5.41) is 13.3. The number of ketones is 1. The van der Waals surface area contributed by atoms with E-state index in [-0.39, 0.29) is 28.4 Å². The molecule has 9 nitrogen and oxygen atoms in total. The highest BCUT2D eigenvalue weighted by Crippen LogP contribution is 2.26. The zero-order valence-electron chi connectivity index (χ0n) is 18.3. The van der Waals surface area contributed by atoms with E-state index in [1.165, 1.54) is 13.8 Å². The first-order valence-electron chi connectivity index (χ1n) is 10.2. The van der Waals surface area contributed by atoms with Gasteiger partial charge in [0, 0.05) is 23.7 Å². The van der Waals surface area contributed by atoms with Gasteiger partial charge in [-0.25, -0.2) is 0 Å². The summed E-state index contributed by atoms with van der Waals surface area (Å²) in [5.41, 5.74) is 1.59. The molecule has 0 aliphatic carbocycles. The third-order valence-electron chi connectivity index (χ3n) is 4.65. The molecule has 3 aromatic rings. The quantitative estimate of drug-likeness (QED) is 0.342. The summed E-state index contributed by atoms with van der Waals surface area (Å²) < 4.78 is 0. The van der Waals surface area contributed by atoms with Crippen molar-refractivity contribution in [3.05, 3.63) is 64.4 Å². The third-order valence-corrected chi connectivity index (χ3v) is 5.88. The fraction of sp³-hybridized carbons (Fsp3) is 0.217. The number of rotatable bonds is 8. The maximum absolute atomic E-state index is 12.7. The smallest absolute Gasteiger partial charge is 0.278 e. The van der Waals surface area contributed by atoms with E-state index in [2.05, 4.69) is 25.8 Å². The number of amides is 2. The second kappa shape index (κ2) is 10.7. The monoisotopic (exact) mass is 465 g/mol. The van der Waals surface area contributed by atoms with Crippen molar-refractivity contribution in [2.75, 3.05) is 10.6 Å². The molecule has 3 N–H and O–H groups in total. The molecule has 33 heavy (non-hydrogen) atoms. The van der Waals surface area contributed by atoms with Crippen molar-refractivity contribution in [3.8, 4) is 11.3 Å². The topological polar surface area (TPSA) is 134 Å². The first-order chi connectivity index (χ1) is 15.8. The van der Waals surface area contributed by atoms with Gasteiger partial charge in [-0.1, -0.05) is 36.9 Å². The highest BCUT2D eigenvalue weighted by atomic mass is 32.2. The molecule has 0 spiro atoms. The number of aromatic nitrogens is 3. The molecule has 170 valence electrons. The Morgan fingerprint density at radius 1 is 1.00 bits per heavy atom. The largest absolute Gasteiger partial charge is 0.326 e. The van der Waals surface area contributed by atoms with Gasteiger partial charge in [0.1, 0.15) is 0 Å². The summed E-state index contributed by atoms with van der Waals surface area (Å²) >= 11 is 1.09. The summed E-state index contributed by atoms with van der Waals surface area (Å²) in [6.07, 6.45) is 0.485. The zero-order valence-corrected chi connectivity index (χ0v) is 19.2. The molecule has 0 unspecified atom stereocenters. The summed E-state index contributed by atoms with van der Waals surface area (Å²) in [7, 11) is 0. The van der Waals surface area contributed by atoms with E-state index >= 15 is 0 Å². The number of hydrogen-bond donors (Lipinski definition) is 3. The molecule has 2 amide bonds. The van der Waals surface area contributed by atoms with E-state index in [9.17, 15) is 19.2 Å². The number of carbonyl (C=O) groups is 3. The Hall–Kier alpha value is -3.79. The Balaban J connectivity index is 1.75. The fourth-order valence-electron chi connectivity index (χ4n) is 3.01. The molecule has 0 aliphatic heterocycles. The highest BCUT2D eigenvalue weighted by Gasteiger charge is 2.21. The molecule has 1 aromatic heterocycles. The molecular weight excluding hydrogens is 442 g/mol. The maximum atomic E-state index is 12.7. The van der Waals surface area contributed by atoms with Crippen LogP contribution in [-0.2, 0) is 9.59 Å². The van der Waals surface area contributed by atoms with Crippen LogP contribution in [0.5, 0.6) is 0 Å². The molecule has 0 saturated heterocycles. The number of benzene rings is 2. The molecule has 1 heterocycles. The van der Waals surface area contributed by atoms with Crippen molar-refractivity contribution in [2.45, 2.75) is 37.6 Å². The van der Waals surface area contributed by atoms with Crippen LogP contribution in [0.1, 0.15) is 37.6 Å². The van der Waals surface area contributed by atoms with Crippen LogP contribution in [0.25, 0.3) is 11.3 Å². The molecule has 0 radical (unpaired) electrons. The predicted molar refractivity (Wildman–Crippen MR) is 127 cm³/mol. The van der Waals surface area contributed by atoms with Crippen molar-refractivity contribution >= 4 is 40.7 Å². The number of carbonyl (C=O) groups excluding carboxylic acids is 3. The maximum Gasteiger partial charge on any atom is 0.278 e. The Morgan fingerprint density at radius 3 is 2.30 bits per heavy atom. The van der Waals surface area contributed by atoms with Crippen LogP contribution < -0.4 is 16.2 Å². The fourth-order valence-corrected chi connectivity index (χ4v) is 3.85. The third kappa shape index (κ3) is 6.13. The van der Waals surface area contributed by atoms with E-state index < -0.39 is 10.8 Å². The van der Waals surface area contributed by atoms with E-state index in [1.807, 2.05) is 6.92 Å². The summed E-state index contributed by atoms with van der Waals surface area (Å²) in [5.74, 6) is -0.590. The molecule has 0 fully saturated rings. The van der Waals surface area contributed by atoms with Gasteiger partial charge in [-0.15, -0.1) is 10.2 Å². The number of aromatic amines is 1. The molecule has 0 saturated carbocycles. The number of nitrogens with zero attached hydrogens (tertiary/aromatic N) is 2. The molecule has 10 heteroatoms. The lowest BCUT2D eigenvalue weighted by atomic mass is 10.1. The predicted octanol–water partition coefficient (Wildman–Crippen LogP) is 3.50. The lowest BCUT2D eigenvalue weighted by molar-refractivity contribution is -0.116. The van der Waals surface area contributed by atoms with Crippen molar-refractivity contribution in [1.82, 2.24) is 15.2 Å². The SMILES string of the molecule is CC[C@@H](Sc1nnc(-c2ccccc2NC(C)=O)c(=O)[nH]1)C(=O)Nc1ccc(C(C)=O)cc1. The number of para-hydroxylation sites is 1. The Bertz CT molecular complexity index is 1240. The minimum absolute atomic E-state index is 0.0551. The molecule has 0 bridgehead atoms. The van der Waals surface area contributed by atoms with Crippen LogP contribution in [0.15, 0.2) is 58.5 Å². The number of hydrogen-bond acceptors (Lipinski definition) is 7. The number of nitrogens with one attached hydrogen (secondary N) is 3. The van der Waals surface area contributed by atoms with Gasteiger partial charge in [-0.2, -0.15) is 0 Å². The van der Waals surface area contributed by atoms with E-state index in [4.69, 9.17) is 0 Å². The van der Waals surface area contributed by atoms with Crippen LogP contribution >= 0.6 is 11.8 Å². The van der Waals surface area contributed by atoms with Gasteiger partial charge in [0.25, 0.3) is 5.56 Å². The number of thioether (sulfide) groups is 1. The summed E-state index contributed by atoms with van der Waals surface area (Å²) in [6.45, 7) is 4.70. The Morgan fingerprint density at radius 2 is 1.70 bits per heavy atom. The normalized spacial score (nSPS) is 11.5. The minimum Gasteiger partial charge on any atom is -0.326 e. The zero-order chi connectivity index (χ0) is 24.0. The van der Waals surface area contributed by atoms with Crippen LogP contribution in [0.2, 0.25) is 0 Å². The van der Waals surface area contributed by atoms with Crippen molar-refractivity contribution < 1.29 is 14.4 Å². The van der Waals surface area contributed by atoms with Gasteiger partial charge >= 0.3 is 0 Å². The lowest BCUT2D eigenvalue weighted by Gasteiger charge is -2.14. The van der Waals surface area contributed by atoms with Gasteiger partial charge in [0.15, 0.2) is 16.6 Å². The van der Waals surface area contributed by atoms with E-state index in [0.29, 0.717) is 28.9 Å². The number of Topliss-reactive ketones (excluding diaryl/α,β-unsaturated/α-hetero) is 1. The van der Waals surface area contributed by atoms with Crippen molar-refractivity contribution in [1.29, 1.82) is 0 Å². The molecule has 2 aromatic carbocycles. The Kier molecular flexibility index (Phi) is 7.73. The van der Waals surface area contributed by atoms with Gasteiger partial charge in [-0.05, 0) is 43.7 Å². The Labute approximate surface area is 194 Å². The minimum atomic E-state index is -0.528. The van der Waals surface area contributed by atoms with Gasteiger partial charge in [0.05, 0.1) is 10.9 Å². The van der Waals surface area contributed by atoms with Gasteiger partial charge in [0.2, 0.25) is 11.8 Å². The van der Waals surface area contributed by atoms with Crippen LogP contribution in [0, 0.1) is 0 Å². The van der Waals surface area contributed by atoms with Crippen LogP contribution in [0.4, 0.5) is 11.4 Å². The molecule has 0 aliphatic rings. The number of H-pyrrole nitrogens is 1. The molecular formula is C23H23N5O4S. The van der Waals surface area contributed by atoms with Gasteiger partial charge in [-0.3, -0.25) is 24.2 Å². The average Bonchev–Trinajstić information content (AvgIpc) is 2.78. The van der Waals surface area contributed by atoms with Crippen LogP contribution in [0.3, 0.4) is 0 Å². The highest BCUT2D eigenvalue weighted by molar-refractivity contribution is 8.00. The molecule has 3 rings (SSSR count). The second-order valence-corrected chi connectivity index (χ2v) is 8.36. The number of anilines is 2. The standard InChI is InChI=1S/C23H23N5O4S/c1-4-19(21(31)25-16-11-9-15(10-12-16)13(2)29)33-23-26-22(32)20(27-28-23)17-7-5-6-8-18(17)24-14(3)30/h5-12,19H,4H2,1-3H3,(H,24,30)(H,25,31)(H,26,28,32)/t19-/m1/s1. The van der Waals surface area contributed by atoms with E-state index in [0.717, 1.165) is 11.8 Å². The lowest BCUT2D eigenvalue weighted by Crippen LogP contribution is -2.25. The van der Waals surface area contributed by atoms with Crippen molar-refractivity contribution in [3.63, 3.8) is 0 Å². The summed E-state index contributed by atoms with van der Waals surface area (Å²) in [4.78, 5) is 50.9. The molecule has 1 atom stereocenters. The van der Waals surface area contributed by atoms with Crippen molar-refractivity contribution in [2.24, 2.45) is 0 Å². The van der Waals surface area contributed by atoms with Crippen LogP contribution in [-0.4, -0.2) is 38.0 Å².